The number of hydrogen-bond acceptors (Lipinski definition) is 5. The largest absolute Gasteiger partial charge is 0.368 e. The molecule has 1 amide bonds. The van der Waals surface area contributed by atoms with E-state index in [0.29, 0.717) is 29.9 Å². The van der Waals surface area contributed by atoms with Gasteiger partial charge in [-0.3, -0.25) is 14.9 Å². The van der Waals surface area contributed by atoms with E-state index in [1.807, 2.05) is 48.5 Å². The van der Waals surface area contributed by atoms with Crippen LogP contribution >= 0.6 is 0 Å². The van der Waals surface area contributed by atoms with Gasteiger partial charge in [-0.15, -0.1) is 0 Å². The van der Waals surface area contributed by atoms with Crippen LogP contribution in [-0.2, 0) is 4.79 Å². The molecule has 1 saturated heterocycles. The van der Waals surface area contributed by atoms with E-state index in [9.17, 15) is 14.9 Å². The molecule has 2 aliphatic heterocycles. The van der Waals surface area contributed by atoms with Gasteiger partial charge in [0.25, 0.3) is 11.6 Å². The molecular weight excluding hydrogens is 404 g/mol. The summed E-state index contributed by atoms with van der Waals surface area (Å²) in [6, 6.07) is 22.8. The molecule has 3 aromatic rings. The van der Waals surface area contributed by atoms with E-state index < -0.39 is 0 Å². The Hall–Kier alpha value is -4.13. The molecule has 2 aliphatic rings. The molecule has 0 unspecified atom stereocenters. The van der Waals surface area contributed by atoms with Gasteiger partial charge in [0, 0.05) is 54.8 Å². The first kappa shape index (κ1) is 19.8. The first-order chi connectivity index (χ1) is 15.6. The second-order valence-corrected chi connectivity index (χ2v) is 7.87. The minimum Gasteiger partial charge on any atom is -0.368 e. The number of anilines is 3. The number of benzene rings is 3. The van der Waals surface area contributed by atoms with Crippen LogP contribution in [0.2, 0.25) is 0 Å². The third-order valence-electron chi connectivity index (χ3n) is 5.96. The second-order valence-electron chi connectivity index (χ2n) is 7.87. The van der Waals surface area contributed by atoms with Gasteiger partial charge in [-0.2, -0.15) is 0 Å². The molecule has 0 spiro atoms. The highest BCUT2D eigenvalue weighted by atomic mass is 16.6. The Morgan fingerprint density at radius 2 is 1.56 bits per heavy atom. The van der Waals surface area contributed by atoms with Crippen LogP contribution in [0.15, 0.2) is 72.8 Å². The van der Waals surface area contributed by atoms with Crippen LogP contribution in [0.3, 0.4) is 0 Å². The van der Waals surface area contributed by atoms with Gasteiger partial charge >= 0.3 is 0 Å². The van der Waals surface area contributed by atoms with Gasteiger partial charge in [0.15, 0.2) is 0 Å². The number of fused-ring (bicyclic) bond motifs is 1. The minimum atomic E-state index is -0.344. The molecule has 3 aromatic carbocycles. The number of rotatable bonds is 4. The SMILES string of the molecule is O=C1Nc2ccccc2/C1=C/c1ccc(N2CCN(c3ccccc3)CC2)c([N+](=O)[O-])c1. The molecule has 32 heavy (non-hydrogen) atoms. The molecule has 0 aliphatic carbocycles. The van der Waals surface area contributed by atoms with Crippen molar-refractivity contribution in [2.24, 2.45) is 0 Å². The average molecular weight is 426 g/mol. The molecule has 2 heterocycles. The smallest absolute Gasteiger partial charge is 0.293 e. The molecule has 7 nitrogen and oxygen atoms in total. The molecular formula is C25H22N4O3. The molecule has 0 saturated carbocycles. The number of nitro groups is 1. The number of nitrogens with one attached hydrogen (secondary N) is 1. The summed E-state index contributed by atoms with van der Waals surface area (Å²) in [6.45, 7) is 2.99. The summed E-state index contributed by atoms with van der Waals surface area (Å²) in [7, 11) is 0. The highest BCUT2D eigenvalue weighted by molar-refractivity contribution is 6.34. The molecule has 0 aromatic heterocycles. The molecule has 5 rings (SSSR count). The van der Waals surface area contributed by atoms with E-state index >= 15 is 0 Å². The zero-order valence-corrected chi connectivity index (χ0v) is 17.4. The fourth-order valence-corrected chi connectivity index (χ4v) is 4.34. The topological polar surface area (TPSA) is 78.7 Å². The third kappa shape index (κ3) is 3.69. The van der Waals surface area contributed by atoms with Crippen molar-refractivity contribution in [3.63, 3.8) is 0 Å². The summed E-state index contributed by atoms with van der Waals surface area (Å²) >= 11 is 0. The first-order valence-electron chi connectivity index (χ1n) is 10.6. The van der Waals surface area contributed by atoms with E-state index in [-0.39, 0.29) is 16.5 Å². The van der Waals surface area contributed by atoms with E-state index in [0.717, 1.165) is 24.3 Å². The van der Waals surface area contributed by atoms with E-state index in [4.69, 9.17) is 0 Å². The predicted octanol–water partition coefficient (Wildman–Crippen LogP) is 4.41. The standard InChI is InChI=1S/C25H22N4O3/c30-25-21(20-8-4-5-9-22(20)26-25)16-18-10-11-23(24(17-18)29(31)32)28-14-12-27(13-15-28)19-6-2-1-3-7-19/h1-11,16-17H,12-15H2,(H,26,30)/b21-16-. The Morgan fingerprint density at radius 3 is 2.31 bits per heavy atom. The van der Waals surface area contributed by atoms with Gasteiger partial charge in [-0.25, -0.2) is 0 Å². The number of nitrogens with zero attached hydrogens (tertiary/aromatic N) is 3. The number of carbonyl (C=O) groups is 1. The fourth-order valence-electron chi connectivity index (χ4n) is 4.34. The minimum absolute atomic E-state index is 0.0548. The van der Waals surface area contributed by atoms with Crippen molar-refractivity contribution < 1.29 is 9.72 Å². The maximum atomic E-state index is 12.4. The maximum absolute atomic E-state index is 12.4. The summed E-state index contributed by atoms with van der Waals surface area (Å²) in [5.41, 5.74) is 4.54. The van der Waals surface area contributed by atoms with Crippen molar-refractivity contribution in [1.82, 2.24) is 0 Å². The van der Waals surface area contributed by atoms with Crippen LogP contribution in [0.5, 0.6) is 0 Å². The Morgan fingerprint density at radius 1 is 0.875 bits per heavy atom. The van der Waals surface area contributed by atoms with Gasteiger partial charge in [0.1, 0.15) is 5.69 Å². The zero-order chi connectivity index (χ0) is 22.1. The molecule has 1 N–H and O–H groups in total. The average Bonchev–Trinajstić information content (AvgIpc) is 3.14. The molecule has 0 radical (unpaired) electrons. The normalized spacial score (nSPS) is 16.8. The predicted molar refractivity (Wildman–Crippen MR) is 127 cm³/mol. The lowest BCUT2D eigenvalue weighted by atomic mass is 10.0. The highest BCUT2D eigenvalue weighted by Crippen LogP contribution is 2.35. The van der Waals surface area contributed by atoms with Crippen LogP contribution in [0.4, 0.5) is 22.7 Å². The van der Waals surface area contributed by atoms with E-state index in [1.54, 1.807) is 18.2 Å². The number of para-hydroxylation sites is 2. The van der Waals surface area contributed by atoms with Crippen molar-refractivity contribution in [1.29, 1.82) is 0 Å². The van der Waals surface area contributed by atoms with Gasteiger partial charge in [0.05, 0.1) is 4.92 Å². The Bertz CT molecular complexity index is 1210. The monoisotopic (exact) mass is 426 g/mol. The quantitative estimate of drug-likeness (QED) is 0.380. The lowest BCUT2D eigenvalue weighted by molar-refractivity contribution is -0.384. The Kier molecular flexibility index (Phi) is 5.07. The molecule has 0 atom stereocenters. The van der Waals surface area contributed by atoms with Crippen molar-refractivity contribution >= 4 is 40.3 Å². The second kappa shape index (κ2) is 8.19. The lowest BCUT2D eigenvalue weighted by Crippen LogP contribution is -2.46. The molecule has 160 valence electrons. The van der Waals surface area contributed by atoms with Gasteiger partial charge in [-0.1, -0.05) is 42.5 Å². The lowest BCUT2D eigenvalue weighted by Gasteiger charge is -2.37. The fraction of sp³-hybridized carbons (Fsp3) is 0.160. The first-order valence-corrected chi connectivity index (χ1v) is 10.6. The molecule has 7 heteroatoms. The van der Waals surface area contributed by atoms with Crippen molar-refractivity contribution in [2.75, 3.05) is 41.3 Å². The van der Waals surface area contributed by atoms with Crippen LogP contribution < -0.4 is 15.1 Å². The molecule has 0 bridgehead atoms. The van der Waals surface area contributed by atoms with Crippen molar-refractivity contribution in [3.05, 3.63) is 94.0 Å². The number of nitro benzene ring substituents is 1. The number of hydrogen-bond donors (Lipinski definition) is 1. The number of carbonyl (C=O) groups excluding carboxylic acids is 1. The van der Waals surface area contributed by atoms with Crippen LogP contribution in [0, 0.1) is 10.1 Å². The summed E-state index contributed by atoms with van der Waals surface area (Å²) in [6.07, 6.45) is 1.71. The Labute approximate surface area is 185 Å². The summed E-state index contributed by atoms with van der Waals surface area (Å²) in [4.78, 5) is 28.3. The van der Waals surface area contributed by atoms with Crippen LogP contribution in [0.1, 0.15) is 11.1 Å². The van der Waals surface area contributed by atoms with E-state index in [1.165, 1.54) is 5.69 Å². The van der Waals surface area contributed by atoms with Gasteiger partial charge < -0.3 is 15.1 Å². The number of amides is 1. The van der Waals surface area contributed by atoms with E-state index in [2.05, 4.69) is 27.2 Å². The highest BCUT2D eigenvalue weighted by Gasteiger charge is 2.26. The number of piperazine rings is 1. The van der Waals surface area contributed by atoms with Crippen molar-refractivity contribution in [2.45, 2.75) is 0 Å². The summed E-state index contributed by atoms with van der Waals surface area (Å²) in [5.74, 6) is -0.199. The van der Waals surface area contributed by atoms with Crippen LogP contribution in [-0.4, -0.2) is 37.0 Å². The van der Waals surface area contributed by atoms with Gasteiger partial charge in [0.2, 0.25) is 0 Å². The third-order valence-corrected chi connectivity index (χ3v) is 5.96. The van der Waals surface area contributed by atoms with Crippen LogP contribution in [0.25, 0.3) is 11.6 Å². The van der Waals surface area contributed by atoms with Gasteiger partial charge in [-0.05, 0) is 35.9 Å². The summed E-state index contributed by atoms with van der Waals surface area (Å²) < 4.78 is 0. The zero-order valence-electron chi connectivity index (χ0n) is 17.4. The van der Waals surface area contributed by atoms with Crippen molar-refractivity contribution in [3.8, 4) is 0 Å². The maximum Gasteiger partial charge on any atom is 0.293 e. The molecule has 1 fully saturated rings. The summed E-state index contributed by atoms with van der Waals surface area (Å²) in [5, 5.41) is 14.7. The Balaban J connectivity index is 1.40.